The maximum absolute atomic E-state index is 5.53. The minimum Gasteiger partial charge on any atom is -0.396 e. The second kappa shape index (κ2) is 8.13. The zero-order valence-corrected chi connectivity index (χ0v) is 9.89. The standard InChI is InChI=1S/C11H21N3O2/c1-2-3-5-15-7-8-16-6-4-14-10-11(12)9-13-14/h9-10H,2-8,12H2,1H3. The maximum Gasteiger partial charge on any atom is 0.0719 e. The number of nitrogens with two attached hydrogens (primary N) is 1. The first-order valence-electron chi connectivity index (χ1n) is 5.76. The van der Waals surface area contributed by atoms with E-state index in [1.54, 1.807) is 17.1 Å². The van der Waals surface area contributed by atoms with Gasteiger partial charge >= 0.3 is 0 Å². The molecule has 0 saturated carbocycles. The van der Waals surface area contributed by atoms with Gasteiger partial charge in [0.05, 0.1) is 38.2 Å². The number of ether oxygens (including phenoxy) is 2. The summed E-state index contributed by atoms with van der Waals surface area (Å²) in [5.41, 5.74) is 6.22. The SMILES string of the molecule is CCCCOCCOCCn1cc(N)cn1. The number of aromatic nitrogens is 2. The molecule has 1 heterocycles. The third kappa shape index (κ3) is 5.72. The van der Waals surface area contributed by atoms with Crippen LogP contribution in [-0.2, 0) is 16.0 Å². The van der Waals surface area contributed by atoms with Crippen LogP contribution in [0.4, 0.5) is 5.69 Å². The highest BCUT2D eigenvalue weighted by molar-refractivity contribution is 5.30. The number of unbranched alkanes of at least 4 members (excludes halogenated alkanes) is 1. The van der Waals surface area contributed by atoms with Crippen LogP contribution in [0.15, 0.2) is 12.4 Å². The van der Waals surface area contributed by atoms with Crippen LogP contribution in [0.25, 0.3) is 0 Å². The smallest absolute Gasteiger partial charge is 0.0719 e. The lowest BCUT2D eigenvalue weighted by Gasteiger charge is -2.05. The van der Waals surface area contributed by atoms with Crippen molar-refractivity contribution in [3.8, 4) is 0 Å². The van der Waals surface area contributed by atoms with Gasteiger partial charge in [-0.15, -0.1) is 0 Å². The molecule has 2 N–H and O–H groups in total. The van der Waals surface area contributed by atoms with Gasteiger partial charge in [-0.05, 0) is 6.42 Å². The number of rotatable bonds is 9. The van der Waals surface area contributed by atoms with E-state index in [0.717, 1.165) is 19.6 Å². The zero-order valence-electron chi connectivity index (χ0n) is 9.89. The Morgan fingerprint density at radius 1 is 1.25 bits per heavy atom. The van der Waals surface area contributed by atoms with Gasteiger partial charge in [-0.2, -0.15) is 5.10 Å². The van der Waals surface area contributed by atoms with Crippen molar-refractivity contribution in [2.24, 2.45) is 0 Å². The van der Waals surface area contributed by atoms with Gasteiger partial charge in [0.2, 0.25) is 0 Å². The summed E-state index contributed by atoms with van der Waals surface area (Å²) in [6, 6.07) is 0. The van der Waals surface area contributed by atoms with Crippen molar-refractivity contribution < 1.29 is 9.47 Å². The van der Waals surface area contributed by atoms with E-state index in [-0.39, 0.29) is 0 Å². The molecule has 0 aliphatic rings. The highest BCUT2D eigenvalue weighted by Crippen LogP contribution is 1.97. The molecular formula is C11H21N3O2. The Hall–Kier alpha value is -1.07. The van der Waals surface area contributed by atoms with Gasteiger partial charge in [0.15, 0.2) is 0 Å². The molecule has 0 aliphatic heterocycles. The van der Waals surface area contributed by atoms with Crippen LogP contribution >= 0.6 is 0 Å². The van der Waals surface area contributed by atoms with Gasteiger partial charge in [-0.3, -0.25) is 4.68 Å². The number of hydrogen-bond donors (Lipinski definition) is 1. The summed E-state index contributed by atoms with van der Waals surface area (Å²) in [5, 5.41) is 4.05. The lowest BCUT2D eigenvalue weighted by molar-refractivity contribution is 0.0430. The third-order valence-electron chi connectivity index (χ3n) is 2.13. The van der Waals surface area contributed by atoms with Gasteiger partial charge in [-0.1, -0.05) is 13.3 Å². The average Bonchev–Trinajstić information content (AvgIpc) is 2.68. The summed E-state index contributed by atoms with van der Waals surface area (Å²) in [5.74, 6) is 0. The molecule has 0 radical (unpaired) electrons. The fourth-order valence-corrected chi connectivity index (χ4v) is 1.23. The van der Waals surface area contributed by atoms with Crippen LogP contribution in [0.5, 0.6) is 0 Å². The topological polar surface area (TPSA) is 62.3 Å². The van der Waals surface area contributed by atoms with E-state index in [9.17, 15) is 0 Å². The van der Waals surface area contributed by atoms with E-state index in [0.29, 0.717) is 25.5 Å². The lowest BCUT2D eigenvalue weighted by Crippen LogP contribution is -2.10. The number of anilines is 1. The van der Waals surface area contributed by atoms with Crippen molar-refractivity contribution >= 4 is 5.69 Å². The van der Waals surface area contributed by atoms with Gasteiger partial charge < -0.3 is 15.2 Å². The van der Waals surface area contributed by atoms with Gasteiger partial charge in [-0.25, -0.2) is 0 Å². The summed E-state index contributed by atoms with van der Waals surface area (Å²) in [4.78, 5) is 0. The number of hydrogen-bond acceptors (Lipinski definition) is 4. The molecule has 1 aromatic heterocycles. The normalized spacial score (nSPS) is 10.8. The van der Waals surface area contributed by atoms with E-state index < -0.39 is 0 Å². The van der Waals surface area contributed by atoms with Crippen LogP contribution in [0.3, 0.4) is 0 Å². The second-order valence-corrected chi connectivity index (χ2v) is 3.62. The fourth-order valence-electron chi connectivity index (χ4n) is 1.23. The monoisotopic (exact) mass is 227 g/mol. The quantitative estimate of drug-likeness (QED) is 0.646. The molecule has 0 aliphatic carbocycles. The molecule has 92 valence electrons. The van der Waals surface area contributed by atoms with Crippen molar-refractivity contribution in [2.75, 3.05) is 32.2 Å². The Kier molecular flexibility index (Phi) is 6.60. The molecule has 1 rings (SSSR count). The van der Waals surface area contributed by atoms with E-state index in [4.69, 9.17) is 15.2 Å². The molecule has 0 aromatic carbocycles. The van der Waals surface area contributed by atoms with Crippen LogP contribution < -0.4 is 5.73 Å². The largest absolute Gasteiger partial charge is 0.396 e. The van der Waals surface area contributed by atoms with Crippen molar-refractivity contribution in [2.45, 2.75) is 26.3 Å². The molecule has 5 nitrogen and oxygen atoms in total. The van der Waals surface area contributed by atoms with E-state index in [1.807, 2.05) is 0 Å². The van der Waals surface area contributed by atoms with Gasteiger partial charge in [0.1, 0.15) is 0 Å². The van der Waals surface area contributed by atoms with Crippen molar-refractivity contribution in [3.05, 3.63) is 12.4 Å². The summed E-state index contributed by atoms with van der Waals surface area (Å²) in [7, 11) is 0. The number of nitrogens with zero attached hydrogens (tertiary/aromatic N) is 2. The van der Waals surface area contributed by atoms with Crippen LogP contribution in [0.1, 0.15) is 19.8 Å². The highest BCUT2D eigenvalue weighted by Gasteiger charge is 1.94. The highest BCUT2D eigenvalue weighted by atomic mass is 16.5. The summed E-state index contributed by atoms with van der Waals surface area (Å²) >= 11 is 0. The summed E-state index contributed by atoms with van der Waals surface area (Å²) in [6.07, 6.45) is 5.71. The molecular weight excluding hydrogens is 206 g/mol. The molecule has 0 atom stereocenters. The first kappa shape index (κ1) is 13.0. The first-order chi connectivity index (χ1) is 7.83. The molecule has 0 unspecified atom stereocenters. The van der Waals surface area contributed by atoms with Gasteiger partial charge in [0, 0.05) is 12.8 Å². The predicted molar refractivity (Wildman–Crippen MR) is 63.2 cm³/mol. The van der Waals surface area contributed by atoms with E-state index in [1.165, 1.54) is 6.42 Å². The van der Waals surface area contributed by atoms with E-state index >= 15 is 0 Å². The predicted octanol–water partition coefficient (Wildman–Crippen LogP) is 1.30. The second-order valence-electron chi connectivity index (χ2n) is 3.62. The van der Waals surface area contributed by atoms with Crippen LogP contribution in [-0.4, -0.2) is 36.2 Å². The first-order valence-corrected chi connectivity index (χ1v) is 5.76. The molecule has 0 spiro atoms. The molecule has 16 heavy (non-hydrogen) atoms. The third-order valence-corrected chi connectivity index (χ3v) is 2.13. The minimum absolute atomic E-state index is 0.637. The van der Waals surface area contributed by atoms with Crippen molar-refractivity contribution in [1.29, 1.82) is 0 Å². The Balaban J connectivity index is 1.88. The molecule has 0 bridgehead atoms. The molecule has 5 heteroatoms. The Bertz CT molecular complexity index is 276. The maximum atomic E-state index is 5.53. The van der Waals surface area contributed by atoms with Crippen molar-refractivity contribution in [3.63, 3.8) is 0 Å². The molecule has 0 amide bonds. The molecule has 1 aromatic rings. The zero-order chi connectivity index (χ0) is 11.6. The number of nitrogen functional groups attached to an aromatic ring is 1. The minimum atomic E-state index is 0.637. The van der Waals surface area contributed by atoms with Crippen molar-refractivity contribution in [1.82, 2.24) is 9.78 Å². The lowest BCUT2D eigenvalue weighted by atomic mass is 10.4. The summed E-state index contributed by atoms with van der Waals surface area (Å²) < 4.78 is 12.5. The van der Waals surface area contributed by atoms with Crippen LogP contribution in [0, 0.1) is 0 Å². The Morgan fingerprint density at radius 2 is 2.00 bits per heavy atom. The van der Waals surface area contributed by atoms with Crippen LogP contribution in [0.2, 0.25) is 0 Å². The Morgan fingerprint density at radius 3 is 2.62 bits per heavy atom. The molecule has 0 fully saturated rings. The Labute approximate surface area is 96.5 Å². The van der Waals surface area contributed by atoms with E-state index in [2.05, 4.69) is 12.0 Å². The summed E-state index contributed by atoms with van der Waals surface area (Å²) in [6.45, 7) is 5.65. The molecule has 0 saturated heterocycles. The fraction of sp³-hybridized carbons (Fsp3) is 0.727. The average molecular weight is 227 g/mol. The van der Waals surface area contributed by atoms with Gasteiger partial charge in [0.25, 0.3) is 0 Å².